The fourth-order valence-corrected chi connectivity index (χ4v) is 7.34. The zero-order chi connectivity index (χ0) is 35.6. The molecule has 3 aromatic heterocycles. The van der Waals surface area contributed by atoms with Crippen LogP contribution in [0, 0.1) is 11.3 Å². The Morgan fingerprint density at radius 3 is 2.49 bits per heavy atom. The quantitative estimate of drug-likeness (QED) is 0.141. The van der Waals surface area contributed by atoms with Crippen molar-refractivity contribution >= 4 is 33.6 Å². The van der Waals surface area contributed by atoms with E-state index in [9.17, 15) is 36.3 Å². The first-order valence-electron chi connectivity index (χ1n) is 15.9. The first-order chi connectivity index (χ1) is 23.0. The summed E-state index contributed by atoms with van der Waals surface area (Å²) in [6.07, 6.45) is 2.63. The first-order valence-corrected chi connectivity index (χ1v) is 17.8. The molecular formula is C32H38ClF3N6O6S. The number of amides is 2. The van der Waals surface area contributed by atoms with Gasteiger partial charge in [-0.1, -0.05) is 24.4 Å². The lowest BCUT2D eigenvalue weighted by Gasteiger charge is -2.28. The Labute approximate surface area is 287 Å². The van der Waals surface area contributed by atoms with Crippen molar-refractivity contribution in [2.24, 2.45) is 11.3 Å². The van der Waals surface area contributed by atoms with Gasteiger partial charge in [0.1, 0.15) is 10.0 Å². The molecule has 0 aromatic carbocycles. The van der Waals surface area contributed by atoms with Crippen molar-refractivity contribution in [1.82, 2.24) is 29.4 Å². The highest BCUT2D eigenvalue weighted by atomic mass is 35.5. The number of sulfonamides is 1. The molecule has 5 rings (SSSR count). The number of pyridine rings is 2. The number of carbonyl (C=O) groups excluding carboxylic acids is 1. The Balaban J connectivity index is 1.08. The van der Waals surface area contributed by atoms with Crippen LogP contribution in [0.5, 0.6) is 5.88 Å². The lowest BCUT2D eigenvalue weighted by atomic mass is 9.92. The lowest BCUT2D eigenvalue weighted by Crippen LogP contribution is -2.41. The molecule has 1 aliphatic heterocycles. The second-order valence-corrected chi connectivity index (χ2v) is 15.3. The molecule has 3 aromatic rings. The Morgan fingerprint density at radius 1 is 1.12 bits per heavy atom. The minimum atomic E-state index is -4.28. The predicted molar refractivity (Wildman–Crippen MR) is 172 cm³/mol. The Morgan fingerprint density at radius 2 is 1.88 bits per heavy atom. The highest BCUT2D eigenvalue weighted by Gasteiger charge is 2.62. The van der Waals surface area contributed by atoms with Crippen LogP contribution in [0.4, 0.5) is 18.0 Å². The number of nitrogens with zero attached hydrogens (tertiary/aromatic N) is 5. The molecule has 2 fully saturated rings. The van der Waals surface area contributed by atoms with Gasteiger partial charge in [0.15, 0.2) is 5.82 Å². The third kappa shape index (κ3) is 8.63. The van der Waals surface area contributed by atoms with Crippen LogP contribution in [-0.2, 0) is 16.4 Å². The number of hydrogen-bond donors (Lipinski definition) is 2. The van der Waals surface area contributed by atoms with E-state index < -0.39 is 33.6 Å². The molecular weight excluding hydrogens is 689 g/mol. The molecule has 0 bridgehead atoms. The van der Waals surface area contributed by atoms with Crippen LogP contribution in [0.1, 0.15) is 81.3 Å². The fourth-order valence-electron chi connectivity index (χ4n) is 6.20. The molecule has 2 N–H and O–H groups in total. The van der Waals surface area contributed by atoms with Crippen molar-refractivity contribution in [3.63, 3.8) is 0 Å². The highest BCUT2D eigenvalue weighted by Crippen LogP contribution is 2.59. The Hall–Kier alpha value is -3.92. The predicted octanol–water partition coefficient (Wildman–Crippen LogP) is 6.43. The van der Waals surface area contributed by atoms with Gasteiger partial charge in [-0.15, -0.1) is 5.10 Å². The van der Waals surface area contributed by atoms with Crippen LogP contribution in [0.15, 0.2) is 47.6 Å². The summed E-state index contributed by atoms with van der Waals surface area (Å²) in [4.78, 5) is 34.0. The number of carboxylic acid groups (broad SMARTS) is 1. The summed E-state index contributed by atoms with van der Waals surface area (Å²) in [6.45, 7) is 4.29. The zero-order valence-electron chi connectivity index (χ0n) is 27.0. The van der Waals surface area contributed by atoms with Gasteiger partial charge in [-0.3, -0.25) is 9.78 Å². The van der Waals surface area contributed by atoms with E-state index in [-0.39, 0.29) is 58.7 Å². The molecule has 49 heavy (non-hydrogen) atoms. The lowest BCUT2D eigenvalue weighted by molar-refractivity contribution is -0.190. The third-order valence-corrected chi connectivity index (χ3v) is 10.8. The first kappa shape index (κ1) is 36.4. The largest absolute Gasteiger partial charge is 0.477 e. The van der Waals surface area contributed by atoms with Crippen LogP contribution in [0.2, 0.25) is 5.15 Å². The summed E-state index contributed by atoms with van der Waals surface area (Å²) in [5.41, 5.74) is -1.54. The standard InChI is InChI=1S/C32H38ClF3N6O6S/c1-30(2)18-21(20-41(30)29(44)45)6-4-3-5-7-22-8-9-23(19-37-22)49(46,47)40-28(43)24-10-11-25(38-27(24)33)42-16-12-26(39-42)48-17-15-31(13-14-31)32(34,35)36/h8-12,16,19,21H,3-7,13-15,17-18,20H2,1-2H3,(H,40,43)(H,44,45). The maximum absolute atomic E-state index is 13.1. The minimum absolute atomic E-state index is 0.0849. The van der Waals surface area contributed by atoms with Crippen molar-refractivity contribution < 1.29 is 41.0 Å². The summed E-state index contributed by atoms with van der Waals surface area (Å²) in [5.74, 6) is -0.419. The van der Waals surface area contributed by atoms with E-state index >= 15 is 0 Å². The number of halogens is 4. The molecule has 1 saturated carbocycles. The van der Waals surface area contributed by atoms with E-state index in [2.05, 4.69) is 15.1 Å². The molecule has 17 heteroatoms. The third-order valence-electron chi connectivity index (χ3n) is 9.23. The van der Waals surface area contributed by atoms with Gasteiger partial charge in [0, 0.05) is 36.2 Å². The molecule has 1 unspecified atom stereocenters. The van der Waals surface area contributed by atoms with Crippen LogP contribution >= 0.6 is 11.6 Å². The summed E-state index contributed by atoms with van der Waals surface area (Å²) < 4.78 is 73.8. The van der Waals surface area contributed by atoms with Crippen LogP contribution < -0.4 is 9.46 Å². The highest BCUT2D eigenvalue weighted by molar-refractivity contribution is 7.90. The number of carbonyl (C=O) groups is 2. The summed E-state index contributed by atoms with van der Waals surface area (Å²) in [6, 6.07) is 7.06. The maximum atomic E-state index is 13.1. The number of likely N-dealkylation sites (tertiary alicyclic amines) is 1. The van der Waals surface area contributed by atoms with Gasteiger partial charge in [0.05, 0.1) is 17.6 Å². The molecule has 1 atom stereocenters. The SMILES string of the molecule is CC1(C)CC(CCCCCc2ccc(S(=O)(=O)NC(=O)c3ccc(-n4ccc(OCCC5(C(F)(F)F)CC5)n4)nc3Cl)cn2)CN1C(=O)O. The number of unbranched alkanes of at least 4 members (excludes halogenated alkanes) is 2. The smallest absolute Gasteiger partial charge is 0.407 e. The summed E-state index contributed by atoms with van der Waals surface area (Å²) in [7, 11) is -4.28. The Bertz CT molecular complexity index is 1780. The number of ether oxygens (including phenoxy) is 1. The average molecular weight is 727 g/mol. The average Bonchev–Trinajstić information content (AvgIpc) is 3.56. The van der Waals surface area contributed by atoms with Gasteiger partial charge in [0.25, 0.3) is 15.9 Å². The van der Waals surface area contributed by atoms with Crippen LogP contribution in [0.25, 0.3) is 5.82 Å². The van der Waals surface area contributed by atoms with Crippen molar-refractivity contribution in [2.45, 2.75) is 88.2 Å². The molecule has 4 heterocycles. The van der Waals surface area contributed by atoms with Gasteiger partial charge in [-0.2, -0.15) is 13.2 Å². The number of nitrogens with one attached hydrogen (secondary N) is 1. The maximum Gasteiger partial charge on any atom is 0.407 e. The van der Waals surface area contributed by atoms with Gasteiger partial charge < -0.3 is 14.7 Å². The fraction of sp³-hybridized carbons (Fsp3) is 0.531. The van der Waals surface area contributed by atoms with E-state index in [1.807, 2.05) is 18.6 Å². The number of rotatable bonds is 14. The van der Waals surface area contributed by atoms with E-state index in [0.717, 1.165) is 32.1 Å². The van der Waals surface area contributed by atoms with Crippen molar-refractivity contribution in [3.8, 4) is 11.7 Å². The Kier molecular flexibility index (Phi) is 10.5. The number of alkyl halides is 3. The van der Waals surface area contributed by atoms with E-state index in [0.29, 0.717) is 24.6 Å². The summed E-state index contributed by atoms with van der Waals surface area (Å²) >= 11 is 6.22. The molecule has 266 valence electrons. The van der Waals surface area contributed by atoms with Gasteiger partial charge >= 0.3 is 12.3 Å². The second-order valence-electron chi connectivity index (χ2n) is 13.3. The molecule has 1 saturated heterocycles. The van der Waals surface area contributed by atoms with E-state index in [4.69, 9.17) is 16.3 Å². The molecule has 0 spiro atoms. The monoisotopic (exact) mass is 726 g/mol. The molecule has 0 radical (unpaired) electrons. The molecule has 12 nitrogen and oxygen atoms in total. The summed E-state index contributed by atoms with van der Waals surface area (Å²) in [5, 5.41) is 13.2. The van der Waals surface area contributed by atoms with E-state index in [1.165, 1.54) is 46.2 Å². The van der Waals surface area contributed by atoms with Crippen LogP contribution in [-0.4, -0.2) is 75.0 Å². The van der Waals surface area contributed by atoms with Crippen LogP contribution in [0.3, 0.4) is 0 Å². The van der Waals surface area contributed by atoms with Gasteiger partial charge in [-0.05, 0) is 89.0 Å². The van der Waals surface area contributed by atoms with E-state index in [1.54, 1.807) is 6.07 Å². The van der Waals surface area contributed by atoms with Crippen molar-refractivity contribution in [1.29, 1.82) is 0 Å². The van der Waals surface area contributed by atoms with Gasteiger partial charge in [-0.25, -0.2) is 27.6 Å². The van der Waals surface area contributed by atoms with Gasteiger partial charge in [0.2, 0.25) is 5.88 Å². The number of aromatic nitrogens is 4. The topological polar surface area (TPSA) is 157 Å². The zero-order valence-corrected chi connectivity index (χ0v) is 28.6. The molecule has 1 aliphatic carbocycles. The van der Waals surface area contributed by atoms with Crippen molar-refractivity contribution in [2.75, 3.05) is 13.2 Å². The van der Waals surface area contributed by atoms with Crippen molar-refractivity contribution in [3.05, 3.63) is 59.1 Å². The number of hydrogen-bond acceptors (Lipinski definition) is 8. The molecule has 2 amide bonds. The minimum Gasteiger partial charge on any atom is -0.477 e. The number of aryl methyl sites for hydroxylation is 1. The molecule has 2 aliphatic rings. The second kappa shape index (κ2) is 14.1. The normalized spacial score (nSPS) is 18.3.